The minimum absolute atomic E-state index is 0.0943. The maximum atomic E-state index is 13.5. The van der Waals surface area contributed by atoms with Gasteiger partial charge in [0, 0.05) is 64.2 Å². The molecule has 2 saturated heterocycles. The van der Waals surface area contributed by atoms with Gasteiger partial charge in [-0.1, -0.05) is 13.8 Å². The number of nitrogens with zero attached hydrogens (tertiary/aromatic N) is 6. The van der Waals surface area contributed by atoms with Crippen LogP contribution in [0.4, 0.5) is 38.1 Å². The van der Waals surface area contributed by atoms with Crippen molar-refractivity contribution in [2.45, 2.75) is 44.8 Å². The van der Waals surface area contributed by atoms with E-state index in [0.717, 1.165) is 0 Å². The Morgan fingerprint density at radius 2 is 1.72 bits per heavy atom. The van der Waals surface area contributed by atoms with Gasteiger partial charge in [-0.15, -0.1) is 0 Å². The molecule has 0 bridgehead atoms. The smallest absolute Gasteiger partial charge is 0.376 e. The number of ether oxygens (including phenoxy) is 1. The second-order valence-electron chi connectivity index (χ2n) is 9.80. The number of aromatic nitrogens is 4. The van der Waals surface area contributed by atoms with Crippen molar-refractivity contribution in [3.8, 4) is 0 Å². The first-order valence-corrected chi connectivity index (χ1v) is 12.2. The molecule has 2 aliphatic heterocycles. The molecule has 2 atom stereocenters. The van der Waals surface area contributed by atoms with Crippen LogP contribution in [0.3, 0.4) is 0 Å². The maximum absolute atomic E-state index is 13.5. The number of H-pyrrole nitrogens is 1. The van der Waals surface area contributed by atoms with Gasteiger partial charge in [-0.25, -0.2) is 15.1 Å². The average molecular weight is 564 g/mol. The van der Waals surface area contributed by atoms with Gasteiger partial charge in [-0.05, 0) is 5.92 Å². The highest BCUT2D eigenvalue weighted by atomic mass is 19.4. The number of alkyl halides is 6. The van der Waals surface area contributed by atoms with Crippen molar-refractivity contribution in [2.75, 3.05) is 49.1 Å². The van der Waals surface area contributed by atoms with E-state index in [0.29, 0.717) is 25.1 Å². The van der Waals surface area contributed by atoms with Gasteiger partial charge >= 0.3 is 12.4 Å². The summed E-state index contributed by atoms with van der Waals surface area (Å²) >= 11 is 0. The number of halogens is 6. The third-order valence-corrected chi connectivity index (χ3v) is 6.44. The largest absolute Gasteiger partial charge is 0.421 e. The van der Waals surface area contributed by atoms with Gasteiger partial charge in [0.15, 0.2) is 5.82 Å². The fraction of sp³-hybridized carbons (Fsp3) is 0.609. The molecule has 39 heavy (non-hydrogen) atoms. The van der Waals surface area contributed by atoms with Crippen molar-refractivity contribution in [1.82, 2.24) is 25.1 Å². The molecule has 2 fully saturated rings. The van der Waals surface area contributed by atoms with E-state index in [2.05, 4.69) is 15.1 Å². The third kappa shape index (κ3) is 6.59. The fourth-order valence-corrected chi connectivity index (χ4v) is 4.46. The van der Waals surface area contributed by atoms with Crippen molar-refractivity contribution in [1.29, 1.82) is 0 Å². The van der Waals surface area contributed by atoms with Gasteiger partial charge in [0.05, 0.1) is 11.7 Å². The van der Waals surface area contributed by atoms with E-state index in [9.17, 15) is 35.9 Å². The van der Waals surface area contributed by atoms with Gasteiger partial charge in [-0.3, -0.25) is 9.59 Å². The van der Waals surface area contributed by atoms with Crippen LogP contribution < -0.4 is 15.4 Å². The lowest BCUT2D eigenvalue weighted by Gasteiger charge is -2.37. The van der Waals surface area contributed by atoms with E-state index in [1.54, 1.807) is 4.90 Å². The van der Waals surface area contributed by atoms with Gasteiger partial charge in [0.1, 0.15) is 11.6 Å². The molecule has 1 amide bonds. The van der Waals surface area contributed by atoms with Crippen LogP contribution in [0.1, 0.15) is 31.4 Å². The zero-order valence-corrected chi connectivity index (χ0v) is 21.1. The molecule has 10 nitrogen and oxygen atoms in total. The first-order chi connectivity index (χ1) is 18.2. The Balaban J connectivity index is 1.49. The SMILES string of the molecule is CC(C)CO[C@H]1C[C@@H](C(=O)N2CCN(c3ncc(C(F)(F)F)cn3)CC2)N(c2cc(C(F)(F)F)c(=O)[nH]n2)C1. The van der Waals surface area contributed by atoms with Crippen LogP contribution in [0.5, 0.6) is 0 Å². The molecule has 2 aromatic heterocycles. The van der Waals surface area contributed by atoms with Crippen LogP contribution in [0, 0.1) is 5.92 Å². The number of anilines is 2. The van der Waals surface area contributed by atoms with Crippen molar-refractivity contribution in [3.63, 3.8) is 0 Å². The quantitative estimate of drug-likeness (QED) is 0.535. The molecule has 2 aromatic rings. The lowest BCUT2D eigenvalue weighted by atomic mass is 10.1. The summed E-state index contributed by atoms with van der Waals surface area (Å²) in [6.45, 7) is 5.23. The molecule has 0 aliphatic carbocycles. The molecular weight excluding hydrogens is 536 g/mol. The highest BCUT2D eigenvalue weighted by molar-refractivity contribution is 5.86. The van der Waals surface area contributed by atoms with Crippen LogP contribution >= 0.6 is 0 Å². The molecule has 0 saturated carbocycles. The molecule has 214 valence electrons. The van der Waals surface area contributed by atoms with Crippen LogP contribution in [-0.2, 0) is 21.9 Å². The predicted molar refractivity (Wildman–Crippen MR) is 126 cm³/mol. The molecule has 0 radical (unpaired) electrons. The highest BCUT2D eigenvalue weighted by Crippen LogP contribution is 2.32. The Bertz CT molecular complexity index is 1210. The summed E-state index contributed by atoms with van der Waals surface area (Å²) in [5.41, 5.74) is -3.78. The topological polar surface area (TPSA) is 108 Å². The third-order valence-electron chi connectivity index (χ3n) is 6.44. The van der Waals surface area contributed by atoms with E-state index >= 15 is 0 Å². The van der Waals surface area contributed by atoms with Gasteiger partial charge < -0.3 is 19.4 Å². The van der Waals surface area contributed by atoms with Crippen LogP contribution in [0.15, 0.2) is 23.3 Å². The molecule has 0 unspecified atom stereocenters. The second kappa shape index (κ2) is 11.0. The monoisotopic (exact) mass is 563 g/mol. The number of hydrogen-bond donors (Lipinski definition) is 1. The number of nitrogens with one attached hydrogen (secondary N) is 1. The molecule has 2 aliphatic rings. The van der Waals surface area contributed by atoms with Crippen molar-refractivity contribution in [3.05, 3.63) is 39.9 Å². The summed E-state index contributed by atoms with van der Waals surface area (Å²) in [4.78, 5) is 37.4. The van der Waals surface area contributed by atoms with E-state index in [-0.39, 0.29) is 62.7 Å². The van der Waals surface area contributed by atoms with Crippen molar-refractivity contribution >= 4 is 17.7 Å². The van der Waals surface area contributed by atoms with E-state index < -0.39 is 41.2 Å². The Kier molecular flexibility index (Phi) is 8.04. The van der Waals surface area contributed by atoms with E-state index in [4.69, 9.17) is 4.74 Å². The Hall–Kier alpha value is -3.43. The summed E-state index contributed by atoms with van der Waals surface area (Å²) in [5.74, 6) is -0.276. The van der Waals surface area contributed by atoms with Gasteiger partial charge in [0.25, 0.3) is 5.56 Å². The predicted octanol–water partition coefficient (Wildman–Crippen LogP) is 2.57. The van der Waals surface area contributed by atoms with Crippen LogP contribution in [0.2, 0.25) is 0 Å². The van der Waals surface area contributed by atoms with Gasteiger partial charge in [0.2, 0.25) is 11.9 Å². The zero-order chi connectivity index (χ0) is 28.5. The van der Waals surface area contributed by atoms with E-state index in [1.807, 2.05) is 18.9 Å². The highest BCUT2D eigenvalue weighted by Gasteiger charge is 2.43. The Labute approximate surface area is 219 Å². The van der Waals surface area contributed by atoms with Crippen molar-refractivity contribution in [2.24, 2.45) is 5.92 Å². The minimum Gasteiger partial charge on any atom is -0.376 e. The second-order valence-corrected chi connectivity index (χ2v) is 9.80. The van der Waals surface area contributed by atoms with Crippen molar-refractivity contribution < 1.29 is 35.9 Å². The lowest BCUT2D eigenvalue weighted by Crippen LogP contribution is -2.54. The molecule has 16 heteroatoms. The zero-order valence-electron chi connectivity index (χ0n) is 21.1. The number of rotatable bonds is 6. The lowest BCUT2D eigenvalue weighted by molar-refractivity contribution is -0.139. The first kappa shape index (κ1) is 28.6. The molecule has 4 heterocycles. The molecule has 1 N–H and O–H groups in total. The minimum atomic E-state index is -4.91. The standard InChI is InChI=1S/C23H27F6N7O3/c1-13(2)12-39-15-7-17(36(11-15)18-8-16(23(27,28)29)19(37)33-32-18)20(38)34-3-5-35(6-4-34)21-30-9-14(10-31-21)22(24,25)26/h8-10,13,15,17H,3-7,11-12H2,1-2H3,(H,33,37)/t15-,17-/m0/s1. The number of amides is 1. The Morgan fingerprint density at radius 3 is 2.28 bits per heavy atom. The number of aromatic amines is 1. The molecule has 0 aromatic carbocycles. The summed E-state index contributed by atoms with van der Waals surface area (Å²) in [6.07, 6.45) is -8.33. The number of piperazine rings is 1. The fourth-order valence-electron chi connectivity index (χ4n) is 4.46. The van der Waals surface area contributed by atoms with Gasteiger partial charge in [-0.2, -0.15) is 31.4 Å². The molecule has 0 spiro atoms. The van der Waals surface area contributed by atoms with Crippen LogP contribution in [0.25, 0.3) is 0 Å². The number of hydrogen-bond acceptors (Lipinski definition) is 8. The first-order valence-electron chi connectivity index (χ1n) is 12.2. The normalized spacial score (nSPS) is 20.7. The molecular formula is C23H27F6N7O3. The van der Waals surface area contributed by atoms with Crippen LogP contribution in [-0.4, -0.2) is 82.4 Å². The average Bonchev–Trinajstić information content (AvgIpc) is 3.30. The number of carbonyl (C=O) groups is 1. The summed E-state index contributed by atoms with van der Waals surface area (Å²) in [7, 11) is 0. The summed E-state index contributed by atoms with van der Waals surface area (Å²) in [5, 5.41) is 5.64. The maximum Gasteiger partial charge on any atom is 0.421 e. The summed E-state index contributed by atoms with van der Waals surface area (Å²) in [6, 6.07) is -0.264. The summed E-state index contributed by atoms with van der Waals surface area (Å²) < 4.78 is 84.4. The van der Waals surface area contributed by atoms with E-state index in [1.165, 1.54) is 9.80 Å². The Morgan fingerprint density at radius 1 is 1.08 bits per heavy atom. The number of carbonyl (C=O) groups excluding carboxylic acids is 1. The molecule has 4 rings (SSSR count).